The smallest absolute Gasteiger partial charge is 0.315 e. The number of carbonyl (C=O) groups is 1. The van der Waals surface area contributed by atoms with E-state index in [1.807, 2.05) is 24.3 Å². The normalized spacial score (nSPS) is 26.6. The second-order valence-corrected chi connectivity index (χ2v) is 7.38. The summed E-state index contributed by atoms with van der Waals surface area (Å²) in [5.74, 6) is 0.441. The van der Waals surface area contributed by atoms with Gasteiger partial charge in [0.2, 0.25) is 0 Å². The van der Waals surface area contributed by atoms with Crippen LogP contribution in [0.2, 0.25) is 0 Å². The first-order chi connectivity index (χ1) is 12.1. The van der Waals surface area contributed by atoms with E-state index in [4.69, 9.17) is 4.74 Å². The molecule has 0 spiro atoms. The van der Waals surface area contributed by atoms with Crippen LogP contribution in [0.4, 0.5) is 4.79 Å². The first-order valence-electron chi connectivity index (χ1n) is 8.65. The van der Waals surface area contributed by atoms with Crippen LogP contribution in [0.1, 0.15) is 25.8 Å². The van der Waals surface area contributed by atoms with Crippen molar-refractivity contribution in [1.29, 1.82) is 0 Å². The highest BCUT2D eigenvalue weighted by atomic mass is 16.5. The number of rotatable bonds is 4. The average molecular weight is 341 g/mol. The minimum atomic E-state index is -0.130. The van der Waals surface area contributed by atoms with Gasteiger partial charge < -0.3 is 15.4 Å². The topological polar surface area (TPSA) is 81.1 Å². The highest BCUT2D eigenvalue weighted by Crippen LogP contribution is 2.52. The zero-order valence-corrected chi connectivity index (χ0v) is 14.5. The number of nitrogens with zero attached hydrogens (tertiary/aromatic N) is 3. The summed E-state index contributed by atoms with van der Waals surface area (Å²) in [7, 11) is 0. The zero-order valence-electron chi connectivity index (χ0n) is 14.5. The molecule has 2 aliphatic rings. The SMILES string of the molecule is CC1(C)[C@H](NC(=O)NCc2cccc(-n3cncn3)c2)[C@H]2CCO[C@H]21. The predicted octanol–water partition coefficient (Wildman–Crippen LogP) is 1.88. The molecule has 2 heterocycles. The fraction of sp³-hybridized carbons (Fsp3) is 0.500. The second-order valence-electron chi connectivity index (χ2n) is 7.38. The Morgan fingerprint density at radius 2 is 2.32 bits per heavy atom. The molecule has 1 aliphatic heterocycles. The van der Waals surface area contributed by atoms with E-state index in [0.717, 1.165) is 24.3 Å². The molecule has 2 fully saturated rings. The molecule has 7 nitrogen and oxygen atoms in total. The minimum absolute atomic E-state index is 0.00842. The Labute approximate surface area is 146 Å². The molecule has 4 rings (SSSR count). The number of amides is 2. The number of aromatic nitrogens is 3. The fourth-order valence-corrected chi connectivity index (χ4v) is 4.14. The lowest BCUT2D eigenvalue weighted by Gasteiger charge is -2.54. The maximum absolute atomic E-state index is 12.3. The summed E-state index contributed by atoms with van der Waals surface area (Å²) in [6, 6.07) is 7.91. The number of urea groups is 1. The van der Waals surface area contributed by atoms with Gasteiger partial charge in [-0.15, -0.1) is 0 Å². The van der Waals surface area contributed by atoms with Crippen LogP contribution in [-0.4, -0.2) is 39.5 Å². The average Bonchev–Trinajstić information content (AvgIpc) is 3.28. The molecule has 132 valence electrons. The van der Waals surface area contributed by atoms with E-state index in [2.05, 4.69) is 34.6 Å². The second kappa shape index (κ2) is 6.15. The van der Waals surface area contributed by atoms with Gasteiger partial charge in [-0.2, -0.15) is 5.10 Å². The van der Waals surface area contributed by atoms with Gasteiger partial charge in [-0.05, 0) is 24.1 Å². The van der Waals surface area contributed by atoms with Gasteiger partial charge in [0, 0.05) is 30.5 Å². The number of fused-ring (bicyclic) bond motifs is 1. The Kier molecular flexibility index (Phi) is 3.95. The van der Waals surface area contributed by atoms with Crippen molar-refractivity contribution in [3.63, 3.8) is 0 Å². The van der Waals surface area contributed by atoms with Crippen LogP contribution in [0, 0.1) is 11.3 Å². The van der Waals surface area contributed by atoms with E-state index in [1.54, 1.807) is 11.0 Å². The number of carbonyl (C=O) groups excluding carboxylic acids is 1. The fourth-order valence-electron chi connectivity index (χ4n) is 4.14. The Balaban J connectivity index is 1.34. The van der Waals surface area contributed by atoms with Crippen molar-refractivity contribution in [2.24, 2.45) is 11.3 Å². The van der Waals surface area contributed by atoms with Crippen molar-refractivity contribution in [2.45, 2.75) is 39.0 Å². The molecule has 3 atom stereocenters. The summed E-state index contributed by atoms with van der Waals surface area (Å²) >= 11 is 0. The Morgan fingerprint density at radius 3 is 3.12 bits per heavy atom. The third kappa shape index (κ3) is 2.89. The number of hydrogen-bond donors (Lipinski definition) is 2. The summed E-state index contributed by atoms with van der Waals surface area (Å²) in [4.78, 5) is 16.3. The van der Waals surface area contributed by atoms with E-state index >= 15 is 0 Å². The highest BCUT2D eigenvalue weighted by Gasteiger charge is 2.59. The summed E-state index contributed by atoms with van der Waals surface area (Å²) < 4.78 is 7.47. The van der Waals surface area contributed by atoms with E-state index < -0.39 is 0 Å². The summed E-state index contributed by atoms with van der Waals surface area (Å²) in [5.41, 5.74) is 1.92. The lowest BCUT2D eigenvalue weighted by molar-refractivity contribution is -0.108. The number of nitrogens with one attached hydrogen (secondary N) is 2. The first kappa shape index (κ1) is 16.1. The van der Waals surface area contributed by atoms with Crippen molar-refractivity contribution in [3.05, 3.63) is 42.5 Å². The standard InChI is InChI=1S/C18H23N5O2/c1-18(2)15(14-6-7-25-16(14)18)22-17(24)20-9-12-4-3-5-13(8-12)23-11-19-10-21-23/h3-5,8,10-11,14-16H,6-7,9H2,1-2H3,(H2,20,22,24)/t14-,15-,16-/m1/s1. The van der Waals surface area contributed by atoms with Crippen LogP contribution in [0.25, 0.3) is 5.69 Å². The molecule has 1 aromatic carbocycles. The molecule has 25 heavy (non-hydrogen) atoms. The molecule has 1 aliphatic carbocycles. The summed E-state index contributed by atoms with van der Waals surface area (Å²) in [6.45, 7) is 5.58. The Hall–Kier alpha value is -2.41. The third-order valence-corrected chi connectivity index (χ3v) is 5.43. The van der Waals surface area contributed by atoms with Gasteiger partial charge >= 0.3 is 6.03 Å². The van der Waals surface area contributed by atoms with Crippen molar-refractivity contribution >= 4 is 6.03 Å². The lowest BCUT2D eigenvalue weighted by atomic mass is 9.57. The molecule has 1 saturated heterocycles. The molecular formula is C18H23N5O2. The quantitative estimate of drug-likeness (QED) is 0.890. The monoisotopic (exact) mass is 341 g/mol. The molecule has 2 amide bonds. The molecule has 0 bridgehead atoms. The summed E-state index contributed by atoms with van der Waals surface area (Å²) in [6.07, 6.45) is 4.45. The Morgan fingerprint density at radius 1 is 1.44 bits per heavy atom. The van der Waals surface area contributed by atoms with Crippen molar-refractivity contribution < 1.29 is 9.53 Å². The largest absolute Gasteiger partial charge is 0.377 e. The van der Waals surface area contributed by atoms with Crippen molar-refractivity contribution in [3.8, 4) is 5.69 Å². The molecule has 1 aromatic heterocycles. The van der Waals surface area contributed by atoms with Crippen molar-refractivity contribution in [1.82, 2.24) is 25.4 Å². The first-order valence-corrected chi connectivity index (χ1v) is 8.65. The number of ether oxygens (including phenoxy) is 1. The van der Waals surface area contributed by atoms with Gasteiger partial charge in [0.25, 0.3) is 0 Å². The molecule has 0 radical (unpaired) electrons. The van der Waals surface area contributed by atoms with Gasteiger partial charge in [0.1, 0.15) is 12.7 Å². The van der Waals surface area contributed by atoms with Gasteiger partial charge in [-0.1, -0.05) is 26.0 Å². The van der Waals surface area contributed by atoms with Gasteiger partial charge in [0.05, 0.1) is 11.8 Å². The van der Waals surface area contributed by atoms with Crippen LogP contribution in [0.5, 0.6) is 0 Å². The summed E-state index contributed by atoms with van der Waals surface area (Å²) in [5, 5.41) is 10.2. The van der Waals surface area contributed by atoms with Gasteiger partial charge in [-0.3, -0.25) is 0 Å². The molecule has 2 N–H and O–H groups in total. The highest BCUT2D eigenvalue weighted by molar-refractivity contribution is 5.74. The van der Waals surface area contributed by atoms with Crippen LogP contribution in [-0.2, 0) is 11.3 Å². The molecule has 7 heteroatoms. The molecule has 2 aromatic rings. The zero-order chi connectivity index (χ0) is 17.4. The van der Waals surface area contributed by atoms with Crippen LogP contribution >= 0.6 is 0 Å². The van der Waals surface area contributed by atoms with Crippen LogP contribution in [0.3, 0.4) is 0 Å². The number of hydrogen-bond acceptors (Lipinski definition) is 4. The predicted molar refractivity (Wildman–Crippen MR) is 92.1 cm³/mol. The lowest BCUT2D eigenvalue weighted by Crippen LogP contribution is -2.67. The Bertz CT molecular complexity index is 759. The van der Waals surface area contributed by atoms with E-state index in [1.165, 1.54) is 6.33 Å². The van der Waals surface area contributed by atoms with Crippen LogP contribution in [0.15, 0.2) is 36.9 Å². The maximum atomic E-state index is 12.3. The number of benzene rings is 1. The van der Waals surface area contributed by atoms with Crippen molar-refractivity contribution in [2.75, 3.05) is 6.61 Å². The van der Waals surface area contributed by atoms with E-state index in [-0.39, 0.29) is 23.6 Å². The van der Waals surface area contributed by atoms with Gasteiger partial charge in [0.15, 0.2) is 0 Å². The van der Waals surface area contributed by atoms with Crippen LogP contribution < -0.4 is 10.6 Å². The molecule has 0 unspecified atom stereocenters. The third-order valence-electron chi connectivity index (χ3n) is 5.43. The maximum Gasteiger partial charge on any atom is 0.315 e. The van der Waals surface area contributed by atoms with Gasteiger partial charge in [-0.25, -0.2) is 14.5 Å². The van der Waals surface area contributed by atoms with E-state index in [9.17, 15) is 4.79 Å². The minimum Gasteiger partial charge on any atom is -0.377 e. The molecule has 1 saturated carbocycles. The molecular weight excluding hydrogens is 318 g/mol. The van der Waals surface area contributed by atoms with E-state index in [0.29, 0.717) is 12.5 Å².